The van der Waals surface area contributed by atoms with Crippen LogP contribution in [0.1, 0.15) is 22.4 Å². The van der Waals surface area contributed by atoms with Crippen LogP contribution >= 0.6 is 0 Å². The Balaban J connectivity index is 1.53. The number of hydrogen-bond donors (Lipinski definition) is 1. The van der Waals surface area contributed by atoms with Gasteiger partial charge in [-0.1, -0.05) is 41.6 Å². The fraction of sp³-hybridized carbons (Fsp3) is 0.174. The highest BCUT2D eigenvalue weighted by atomic mass is 19.4. The summed E-state index contributed by atoms with van der Waals surface area (Å²) in [6.07, 6.45) is -2.91. The third-order valence-electron chi connectivity index (χ3n) is 5.06. The van der Waals surface area contributed by atoms with Crippen molar-refractivity contribution in [2.45, 2.75) is 25.9 Å². The van der Waals surface area contributed by atoms with Gasteiger partial charge in [0.05, 0.1) is 11.3 Å². The minimum Gasteiger partial charge on any atom is -0.398 e. The fourth-order valence-corrected chi connectivity index (χ4v) is 3.36. The number of alkyl halides is 3. The Bertz CT molecular complexity index is 1160. The molecule has 0 bridgehead atoms. The van der Waals surface area contributed by atoms with Crippen LogP contribution in [0.2, 0.25) is 0 Å². The molecular formula is C23H19F3N2O. The normalized spacial score (nSPS) is 11.9. The Morgan fingerprint density at radius 1 is 0.931 bits per heavy atom. The van der Waals surface area contributed by atoms with Gasteiger partial charge < -0.3 is 10.3 Å². The van der Waals surface area contributed by atoms with Crippen molar-refractivity contribution in [1.29, 1.82) is 0 Å². The number of benzene rings is 3. The third-order valence-corrected chi connectivity index (χ3v) is 5.06. The lowest BCUT2D eigenvalue weighted by Gasteiger charge is -2.09. The summed E-state index contributed by atoms with van der Waals surface area (Å²) in [5, 5.41) is 5.12. The average Bonchev–Trinajstić information content (AvgIpc) is 3.08. The third kappa shape index (κ3) is 3.97. The SMILES string of the molecule is Cc1cc2c(CCc3cccc(-c4ccc(C(F)(F)F)cc4)c3)noc2cc1N. The van der Waals surface area contributed by atoms with Gasteiger partial charge in [0.25, 0.3) is 0 Å². The van der Waals surface area contributed by atoms with E-state index < -0.39 is 11.7 Å². The van der Waals surface area contributed by atoms with Crippen molar-refractivity contribution >= 4 is 16.7 Å². The van der Waals surface area contributed by atoms with E-state index in [9.17, 15) is 13.2 Å². The predicted molar refractivity (Wildman–Crippen MR) is 107 cm³/mol. The second-order valence-electron chi connectivity index (χ2n) is 7.11. The van der Waals surface area contributed by atoms with Crippen LogP contribution in [-0.2, 0) is 19.0 Å². The van der Waals surface area contributed by atoms with Crippen molar-refractivity contribution in [1.82, 2.24) is 5.16 Å². The van der Waals surface area contributed by atoms with Crippen LogP contribution in [0.3, 0.4) is 0 Å². The van der Waals surface area contributed by atoms with Crippen LogP contribution in [0.25, 0.3) is 22.1 Å². The van der Waals surface area contributed by atoms with Crippen LogP contribution in [-0.4, -0.2) is 5.16 Å². The van der Waals surface area contributed by atoms with Gasteiger partial charge in [-0.15, -0.1) is 0 Å². The molecule has 2 N–H and O–H groups in total. The molecule has 0 amide bonds. The van der Waals surface area contributed by atoms with E-state index in [2.05, 4.69) is 5.16 Å². The molecule has 1 heterocycles. The largest absolute Gasteiger partial charge is 0.416 e. The topological polar surface area (TPSA) is 52.0 Å². The van der Waals surface area contributed by atoms with E-state index in [0.29, 0.717) is 17.7 Å². The van der Waals surface area contributed by atoms with E-state index in [1.807, 2.05) is 37.3 Å². The first-order valence-electron chi connectivity index (χ1n) is 9.22. The van der Waals surface area contributed by atoms with Gasteiger partial charge in [0.15, 0.2) is 5.58 Å². The number of nitrogens with two attached hydrogens (primary N) is 1. The number of nitrogen functional groups attached to an aromatic ring is 1. The molecule has 0 spiro atoms. The zero-order valence-corrected chi connectivity index (χ0v) is 15.8. The summed E-state index contributed by atoms with van der Waals surface area (Å²) in [6.45, 7) is 1.94. The zero-order valence-electron chi connectivity index (χ0n) is 15.8. The molecule has 0 saturated heterocycles. The van der Waals surface area contributed by atoms with E-state index in [4.69, 9.17) is 10.3 Å². The second kappa shape index (κ2) is 7.28. The Hall–Kier alpha value is -3.28. The van der Waals surface area contributed by atoms with Crippen molar-refractivity contribution in [2.24, 2.45) is 0 Å². The van der Waals surface area contributed by atoms with Crippen LogP contribution < -0.4 is 5.73 Å². The lowest BCUT2D eigenvalue weighted by molar-refractivity contribution is -0.137. The number of hydrogen-bond acceptors (Lipinski definition) is 3. The van der Waals surface area contributed by atoms with E-state index in [1.165, 1.54) is 12.1 Å². The minimum absolute atomic E-state index is 0.647. The van der Waals surface area contributed by atoms with Gasteiger partial charge in [0, 0.05) is 17.1 Å². The number of aryl methyl sites for hydroxylation is 3. The smallest absolute Gasteiger partial charge is 0.398 e. The molecule has 0 aliphatic heterocycles. The first kappa shape index (κ1) is 19.1. The molecule has 3 nitrogen and oxygen atoms in total. The first-order chi connectivity index (χ1) is 13.8. The fourth-order valence-electron chi connectivity index (χ4n) is 3.36. The number of fused-ring (bicyclic) bond motifs is 1. The molecule has 0 atom stereocenters. The molecule has 0 aliphatic carbocycles. The summed E-state index contributed by atoms with van der Waals surface area (Å²) < 4.78 is 43.7. The summed E-state index contributed by atoms with van der Waals surface area (Å²) in [4.78, 5) is 0. The van der Waals surface area contributed by atoms with Crippen LogP contribution in [0, 0.1) is 6.92 Å². The number of anilines is 1. The van der Waals surface area contributed by atoms with E-state index in [1.54, 1.807) is 6.07 Å². The summed E-state index contributed by atoms with van der Waals surface area (Å²) in [5.41, 5.74) is 11.2. The van der Waals surface area contributed by atoms with Gasteiger partial charge in [0.2, 0.25) is 0 Å². The molecule has 1 aromatic heterocycles. The predicted octanol–water partition coefficient (Wildman–Crippen LogP) is 6.19. The Kier molecular flexibility index (Phi) is 4.78. The first-order valence-corrected chi connectivity index (χ1v) is 9.22. The second-order valence-corrected chi connectivity index (χ2v) is 7.11. The Morgan fingerprint density at radius 2 is 1.69 bits per heavy atom. The highest BCUT2D eigenvalue weighted by molar-refractivity contribution is 5.84. The van der Waals surface area contributed by atoms with Crippen molar-refractivity contribution in [2.75, 3.05) is 5.73 Å². The molecule has 0 fully saturated rings. The number of nitrogens with zero attached hydrogens (tertiary/aromatic N) is 1. The maximum atomic E-state index is 12.8. The molecule has 0 saturated carbocycles. The quantitative estimate of drug-likeness (QED) is 0.419. The van der Waals surface area contributed by atoms with Crippen LogP contribution in [0.15, 0.2) is 65.2 Å². The van der Waals surface area contributed by atoms with Crippen LogP contribution in [0.5, 0.6) is 0 Å². The van der Waals surface area contributed by atoms with Gasteiger partial charge in [-0.2, -0.15) is 13.2 Å². The van der Waals surface area contributed by atoms with Crippen molar-refractivity contribution in [3.63, 3.8) is 0 Å². The molecular weight excluding hydrogens is 377 g/mol. The van der Waals surface area contributed by atoms with Gasteiger partial charge in [-0.25, -0.2) is 0 Å². The lowest BCUT2D eigenvalue weighted by atomic mass is 9.99. The molecule has 4 aromatic rings. The zero-order chi connectivity index (χ0) is 20.6. The molecule has 0 aliphatic rings. The summed E-state index contributed by atoms with van der Waals surface area (Å²) in [7, 11) is 0. The molecule has 3 aromatic carbocycles. The molecule has 6 heteroatoms. The maximum absolute atomic E-state index is 12.8. The standard InChI is InChI=1S/C23H19F3N2O/c1-14-11-19-21(28-29-22(19)13-20(14)27)10-5-15-3-2-4-17(12-15)16-6-8-18(9-7-16)23(24,25)26/h2-4,6-9,11-13H,5,10,27H2,1H3. The minimum atomic E-state index is -4.33. The van der Waals surface area contributed by atoms with Gasteiger partial charge in [0.1, 0.15) is 0 Å². The van der Waals surface area contributed by atoms with E-state index >= 15 is 0 Å². The molecule has 0 radical (unpaired) electrons. The number of aromatic nitrogens is 1. The van der Waals surface area contributed by atoms with E-state index in [0.717, 1.165) is 51.9 Å². The average molecular weight is 396 g/mol. The van der Waals surface area contributed by atoms with Gasteiger partial charge in [-0.05, 0) is 60.2 Å². The molecule has 4 rings (SSSR count). The molecule has 29 heavy (non-hydrogen) atoms. The lowest BCUT2D eigenvalue weighted by Crippen LogP contribution is -2.04. The Morgan fingerprint density at radius 3 is 2.41 bits per heavy atom. The number of halogens is 3. The summed E-state index contributed by atoms with van der Waals surface area (Å²) in [6, 6.07) is 16.8. The van der Waals surface area contributed by atoms with Crippen molar-refractivity contribution in [3.8, 4) is 11.1 Å². The number of rotatable bonds is 4. The highest BCUT2D eigenvalue weighted by Gasteiger charge is 2.29. The maximum Gasteiger partial charge on any atom is 0.416 e. The van der Waals surface area contributed by atoms with Crippen molar-refractivity contribution in [3.05, 3.63) is 83.0 Å². The van der Waals surface area contributed by atoms with E-state index in [-0.39, 0.29) is 0 Å². The van der Waals surface area contributed by atoms with Crippen LogP contribution in [0.4, 0.5) is 18.9 Å². The summed E-state index contributed by atoms with van der Waals surface area (Å²) in [5.74, 6) is 0. The van der Waals surface area contributed by atoms with Crippen molar-refractivity contribution < 1.29 is 17.7 Å². The van der Waals surface area contributed by atoms with Gasteiger partial charge in [-0.3, -0.25) is 0 Å². The molecule has 0 unspecified atom stereocenters. The molecule has 148 valence electrons. The highest BCUT2D eigenvalue weighted by Crippen LogP contribution is 2.31. The van der Waals surface area contributed by atoms with Gasteiger partial charge >= 0.3 is 6.18 Å². The monoisotopic (exact) mass is 396 g/mol. The summed E-state index contributed by atoms with van der Waals surface area (Å²) >= 11 is 0. The Labute approximate surface area is 165 Å².